The van der Waals surface area contributed by atoms with Crippen LogP contribution in [0.2, 0.25) is 0 Å². The Morgan fingerprint density at radius 2 is 1.75 bits per heavy atom. The molecule has 0 saturated heterocycles. The maximum atomic E-state index is 10.5. The van der Waals surface area contributed by atoms with Gasteiger partial charge in [0.25, 0.3) is 5.69 Å². The van der Waals surface area contributed by atoms with E-state index in [9.17, 15) is 20.2 Å². The van der Waals surface area contributed by atoms with E-state index in [1.54, 1.807) is 0 Å². The third kappa shape index (κ3) is 1.65. The molecule has 0 unspecified atom stereocenters. The van der Waals surface area contributed by atoms with Crippen LogP contribution in [0.3, 0.4) is 0 Å². The van der Waals surface area contributed by atoms with Gasteiger partial charge in [0.15, 0.2) is 5.52 Å². The lowest BCUT2D eigenvalue weighted by Gasteiger charge is -1.95. The van der Waals surface area contributed by atoms with Crippen molar-refractivity contribution < 1.29 is 9.85 Å². The van der Waals surface area contributed by atoms with Gasteiger partial charge in [-0.15, -0.1) is 0 Å². The fourth-order valence-corrected chi connectivity index (χ4v) is 1.32. The number of non-ortho nitro benzene ring substituents is 1. The van der Waals surface area contributed by atoms with Crippen molar-refractivity contribution >= 4 is 22.4 Å². The molecule has 0 fully saturated rings. The number of benzene rings is 1. The first-order valence-electron chi connectivity index (χ1n) is 4.27. The molecule has 1 aromatic carbocycles. The van der Waals surface area contributed by atoms with E-state index in [0.29, 0.717) is 10.9 Å². The monoisotopic (exact) mass is 219 g/mol. The maximum absolute atomic E-state index is 10.5. The summed E-state index contributed by atoms with van der Waals surface area (Å²) < 4.78 is 0. The van der Waals surface area contributed by atoms with Gasteiger partial charge in [-0.25, -0.2) is 0 Å². The molecule has 2 rings (SSSR count). The number of rotatable bonds is 2. The van der Waals surface area contributed by atoms with Crippen molar-refractivity contribution in [1.29, 1.82) is 0 Å². The van der Waals surface area contributed by atoms with Gasteiger partial charge in [-0.1, -0.05) is 0 Å². The van der Waals surface area contributed by atoms with Crippen LogP contribution in [0.5, 0.6) is 0 Å². The van der Waals surface area contributed by atoms with Crippen LogP contribution in [0.1, 0.15) is 0 Å². The quantitative estimate of drug-likeness (QED) is 0.568. The summed E-state index contributed by atoms with van der Waals surface area (Å²) in [5, 5.41) is 21.5. The molecular weight excluding hydrogens is 214 g/mol. The zero-order valence-electron chi connectivity index (χ0n) is 7.86. The third-order valence-electron chi connectivity index (χ3n) is 2.06. The molecule has 0 saturated carbocycles. The maximum Gasteiger partial charge on any atom is 0.364 e. The molecule has 2 aromatic rings. The van der Waals surface area contributed by atoms with Gasteiger partial charge in [-0.05, 0) is 22.0 Å². The van der Waals surface area contributed by atoms with Crippen molar-refractivity contribution in [3.05, 3.63) is 50.6 Å². The third-order valence-corrected chi connectivity index (χ3v) is 2.06. The Morgan fingerprint density at radius 3 is 2.38 bits per heavy atom. The van der Waals surface area contributed by atoms with E-state index < -0.39 is 9.85 Å². The highest BCUT2D eigenvalue weighted by Crippen LogP contribution is 2.21. The van der Waals surface area contributed by atoms with Crippen molar-refractivity contribution in [2.24, 2.45) is 0 Å². The molecular formula is C9H5N3O4. The van der Waals surface area contributed by atoms with Gasteiger partial charge in [0.1, 0.15) is 0 Å². The van der Waals surface area contributed by atoms with Gasteiger partial charge >= 0.3 is 5.82 Å². The molecule has 0 radical (unpaired) electrons. The summed E-state index contributed by atoms with van der Waals surface area (Å²) in [6, 6.07) is 6.63. The van der Waals surface area contributed by atoms with Crippen LogP contribution in [0.25, 0.3) is 10.9 Å². The molecule has 16 heavy (non-hydrogen) atoms. The zero-order chi connectivity index (χ0) is 11.7. The number of nitrogens with zero attached hydrogens (tertiary/aromatic N) is 3. The minimum Gasteiger partial charge on any atom is -0.358 e. The molecule has 0 spiro atoms. The highest BCUT2D eigenvalue weighted by molar-refractivity contribution is 5.81. The minimum atomic E-state index is -0.610. The Bertz CT molecular complexity index is 543. The first kappa shape index (κ1) is 9.97. The molecule has 0 bridgehead atoms. The fourth-order valence-electron chi connectivity index (χ4n) is 1.32. The average Bonchev–Trinajstić information content (AvgIpc) is 2.27. The topological polar surface area (TPSA) is 99.2 Å². The van der Waals surface area contributed by atoms with Crippen LogP contribution in [-0.4, -0.2) is 14.8 Å². The van der Waals surface area contributed by atoms with E-state index in [4.69, 9.17) is 0 Å². The largest absolute Gasteiger partial charge is 0.364 e. The van der Waals surface area contributed by atoms with Crippen molar-refractivity contribution in [2.75, 3.05) is 0 Å². The van der Waals surface area contributed by atoms with E-state index in [1.807, 2.05) is 0 Å². The van der Waals surface area contributed by atoms with Crippen LogP contribution in [-0.2, 0) is 0 Å². The number of fused-ring (bicyclic) bond motifs is 1. The molecule has 0 amide bonds. The number of hydrogen-bond donors (Lipinski definition) is 0. The highest BCUT2D eigenvalue weighted by atomic mass is 16.6. The number of aromatic nitrogens is 1. The van der Waals surface area contributed by atoms with Crippen molar-refractivity contribution in [2.45, 2.75) is 0 Å². The number of nitro benzene ring substituents is 1. The summed E-state index contributed by atoms with van der Waals surface area (Å²) in [6.07, 6.45) is 0. The fraction of sp³-hybridized carbons (Fsp3) is 0. The predicted molar refractivity (Wildman–Crippen MR) is 55.1 cm³/mol. The van der Waals surface area contributed by atoms with Gasteiger partial charge in [-0.3, -0.25) is 10.1 Å². The van der Waals surface area contributed by atoms with Crippen LogP contribution in [0.15, 0.2) is 30.3 Å². The lowest BCUT2D eigenvalue weighted by atomic mass is 10.2. The molecule has 0 N–H and O–H groups in total. The molecule has 0 aliphatic carbocycles. The van der Waals surface area contributed by atoms with Gasteiger partial charge in [0, 0.05) is 23.6 Å². The predicted octanol–water partition coefficient (Wildman–Crippen LogP) is 2.05. The van der Waals surface area contributed by atoms with Crippen molar-refractivity contribution in [3.63, 3.8) is 0 Å². The van der Waals surface area contributed by atoms with Crippen LogP contribution in [0.4, 0.5) is 11.5 Å². The zero-order valence-corrected chi connectivity index (χ0v) is 7.86. The Morgan fingerprint density at radius 1 is 1.00 bits per heavy atom. The number of nitro groups is 2. The first-order chi connectivity index (χ1) is 7.58. The van der Waals surface area contributed by atoms with Crippen LogP contribution in [0, 0.1) is 20.2 Å². The number of pyridine rings is 1. The van der Waals surface area contributed by atoms with E-state index in [2.05, 4.69) is 4.98 Å². The Hall–Kier alpha value is -2.57. The van der Waals surface area contributed by atoms with Crippen molar-refractivity contribution in [3.8, 4) is 0 Å². The number of hydrogen-bond acceptors (Lipinski definition) is 5. The Kier molecular flexibility index (Phi) is 2.20. The average molecular weight is 219 g/mol. The van der Waals surface area contributed by atoms with E-state index >= 15 is 0 Å². The Balaban J connectivity index is 2.61. The molecule has 7 heteroatoms. The standard InChI is InChI=1S/C9H5N3O4/c13-11(14)7-2-3-8-6(5-7)1-4-9(10-8)12(15)16/h1-5H. The summed E-state index contributed by atoms with van der Waals surface area (Å²) >= 11 is 0. The molecule has 1 aromatic heterocycles. The molecule has 1 heterocycles. The summed E-state index contributed by atoms with van der Waals surface area (Å²) in [5.74, 6) is -0.277. The molecule has 7 nitrogen and oxygen atoms in total. The van der Waals surface area contributed by atoms with Crippen molar-refractivity contribution in [1.82, 2.24) is 4.98 Å². The SMILES string of the molecule is O=[N+]([O-])c1ccc2nc([N+](=O)[O-])ccc2c1. The van der Waals surface area contributed by atoms with Gasteiger partial charge < -0.3 is 10.1 Å². The van der Waals surface area contributed by atoms with E-state index in [-0.39, 0.29) is 11.5 Å². The highest BCUT2D eigenvalue weighted by Gasteiger charge is 2.12. The van der Waals surface area contributed by atoms with Gasteiger partial charge in [-0.2, -0.15) is 0 Å². The van der Waals surface area contributed by atoms with Gasteiger partial charge in [0.2, 0.25) is 0 Å². The molecule has 0 atom stereocenters. The first-order valence-corrected chi connectivity index (χ1v) is 4.27. The van der Waals surface area contributed by atoms with E-state index in [0.717, 1.165) is 0 Å². The second-order valence-electron chi connectivity index (χ2n) is 3.06. The van der Waals surface area contributed by atoms with E-state index in [1.165, 1.54) is 30.3 Å². The summed E-state index contributed by atoms with van der Waals surface area (Å²) in [7, 11) is 0. The Labute approximate surface area is 88.6 Å². The minimum absolute atomic E-state index is 0.0665. The summed E-state index contributed by atoms with van der Waals surface area (Å²) in [4.78, 5) is 23.6. The molecule has 80 valence electrons. The summed E-state index contributed by atoms with van der Waals surface area (Å²) in [5.41, 5.74) is 0.294. The van der Waals surface area contributed by atoms with Crippen LogP contribution >= 0.6 is 0 Å². The normalized spacial score (nSPS) is 10.2. The lowest BCUT2D eigenvalue weighted by Crippen LogP contribution is -1.93. The molecule has 0 aliphatic heterocycles. The molecule has 0 aliphatic rings. The second kappa shape index (κ2) is 3.54. The van der Waals surface area contributed by atoms with Crippen LogP contribution < -0.4 is 0 Å². The lowest BCUT2D eigenvalue weighted by molar-refractivity contribution is -0.389. The second-order valence-corrected chi connectivity index (χ2v) is 3.06. The summed E-state index contributed by atoms with van der Waals surface area (Å²) in [6.45, 7) is 0. The smallest absolute Gasteiger partial charge is 0.358 e. The van der Waals surface area contributed by atoms with Gasteiger partial charge in [0.05, 0.1) is 4.92 Å².